The molecule has 1 amide bonds. The summed E-state index contributed by atoms with van der Waals surface area (Å²) in [5.41, 5.74) is 2.78. The summed E-state index contributed by atoms with van der Waals surface area (Å²) < 4.78 is 0.505. The highest BCUT2D eigenvalue weighted by atomic mass is 79.9. The lowest BCUT2D eigenvalue weighted by atomic mass is 9.72. The summed E-state index contributed by atoms with van der Waals surface area (Å²) >= 11 is 11.1. The Hall–Kier alpha value is -1.24. The van der Waals surface area contributed by atoms with E-state index in [2.05, 4.69) is 47.3 Å². The zero-order valence-corrected chi connectivity index (χ0v) is 18.6. The van der Waals surface area contributed by atoms with E-state index in [4.69, 9.17) is 11.6 Å². The fourth-order valence-electron chi connectivity index (χ4n) is 4.00. The second-order valence-electron chi connectivity index (χ2n) is 8.39. The highest BCUT2D eigenvalue weighted by Crippen LogP contribution is 2.47. The van der Waals surface area contributed by atoms with Gasteiger partial charge >= 0.3 is 0 Å². The normalized spacial score (nSPS) is 21.9. The first-order chi connectivity index (χ1) is 12.6. The van der Waals surface area contributed by atoms with Crippen molar-refractivity contribution in [3.63, 3.8) is 0 Å². The Balaban J connectivity index is 1.69. The van der Waals surface area contributed by atoms with E-state index in [-0.39, 0.29) is 17.1 Å². The van der Waals surface area contributed by atoms with Crippen LogP contribution in [0, 0.1) is 11.3 Å². The van der Waals surface area contributed by atoms with Gasteiger partial charge in [-0.1, -0.05) is 32.4 Å². The van der Waals surface area contributed by atoms with E-state index in [1.165, 1.54) is 10.4 Å². The molecule has 27 heavy (non-hydrogen) atoms. The minimum Gasteiger partial charge on any atom is -0.506 e. The molecule has 0 spiro atoms. The number of benzene rings is 1. The second-order valence-corrected chi connectivity index (χ2v) is 10.8. The van der Waals surface area contributed by atoms with Crippen molar-refractivity contribution in [2.24, 2.45) is 11.3 Å². The number of carbonyl (C=O) groups excluding carboxylic acids is 1. The maximum absolute atomic E-state index is 12.9. The number of halogens is 2. The van der Waals surface area contributed by atoms with Crippen molar-refractivity contribution in [2.75, 3.05) is 5.32 Å². The van der Waals surface area contributed by atoms with Gasteiger partial charge in [0.05, 0.1) is 10.0 Å². The van der Waals surface area contributed by atoms with E-state index in [0.717, 1.165) is 29.8 Å². The summed E-state index contributed by atoms with van der Waals surface area (Å²) in [7, 11) is 0. The summed E-state index contributed by atoms with van der Waals surface area (Å²) in [5, 5.41) is 18.2. The molecule has 7 heteroatoms. The quantitative estimate of drug-likeness (QED) is 0.489. The van der Waals surface area contributed by atoms with Gasteiger partial charge in [-0.2, -0.15) is 0 Å². The van der Waals surface area contributed by atoms with Crippen LogP contribution in [-0.2, 0) is 12.8 Å². The summed E-state index contributed by atoms with van der Waals surface area (Å²) in [6.07, 6.45) is 2.55. The Morgan fingerprint density at radius 3 is 2.74 bits per heavy atom. The summed E-state index contributed by atoms with van der Waals surface area (Å²) in [6.45, 7) is 6.87. The molecule has 1 aromatic carbocycles. The van der Waals surface area contributed by atoms with Crippen molar-refractivity contribution in [3.05, 3.63) is 43.2 Å². The maximum Gasteiger partial charge on any atom is 0.256 e. The number of hydrogen-bond donors (Lipinski definition) is 3. The highest BCUT2D eigenvalue weighted by molar-refractivity contribution is 9.10. The van der Waals surface area contributed by atoms with Crippen LogP contribution in [0.15, 0.2) is 16.6 Å². The molecule has 0 unspecified atom stereocenters. The van der Waals surface area contributed by atoms with Crippen molar-refractivity contribution >= 4 is 49.8 Å². The standard InChI is InChI=1S/C20H22BrClN2O2S/c1-20(2,3)9-4-5-11-14(6-9)27-19-15(11)18(26)23-17(24-19)12-7-10(22)8-13(21)16(12)25/h7-9,17,24-25H,4-6H2,1-3H3,(H,23,26)/t9-,17-/m0/s1. The summed E-state index contributed by atoms with van der Waals surface area (Å²) in [5.74, 6) is 0.614. The van der Waals surface area contributed by atoms with E-state index in [9.17, 15) is 9.90 Å². The fraction of sp³-hybridized carbons (Fsp3) is 0.450. The van der Waals surface area contributed by atoms with Crippen LogP contribution < -0.4 is 10.6 Å². The molecule has 3 N–H and O–H groups in total. The minimum absolute atomic E-state index is 0.0785. The lowest BCUT2D eigenvalue weighted by Crippen LogP contribution is -2.38. The van der Waals surface area contributed by atoms with Gasteiger partial charge in [-0.25, -0.2) is 0 Å². The average molecular weight is 470 g/mol. The van der Waals surface area contributed by atoms with Gasteiger partial charge in [0.2, 0.25) is 0 Å². The van der Waals surface area contributed by atoms with Gasteiger partial charge in [0.1, 0.15) is 16.9 Å². The first-order valence-corrected chi connectivity index (χ1v) is 11.0. The SMILES string of the molecule is CC(C)(C)[C@H]1CCc2c(sc3c2C(=O)N[C@H](c2cc(Cl)cc(Br)c2O)N3)C1. The molecule has 0 saturated carbocycles. The molecule has 144 valence electrons. The number of aromatic hydroxyl groups is 1. The molecule has 2 atom stereocenters. The molecule has 4 nitrogen and oxygen atoms in total. The number of fused-ring (bicyclic) bond motifs is 3. The Bertz CT molecular complexity index is 935. The predicted molar refractivity (Wildman–Crippen MR) is 114 cm³/mol. The second kappa shape index (κ2) is 6.68. The van der Waals surface area contributed by atoms with Crippen LogP contribution >= 0.6 is 38.9 Å². The van der Waals surface area contributed by atoms with E-state index >= 15 is 0 Å². The van der Waals surface area contributed by atoms with Crippen molar-refractivity contribution in [1.82, 2.24) is 5.32 Å². The van der Waals surface area contributed by atoms with Crippen LogP contribution in [0.4, 0.5) is 5.00 Å². The Labute approximate surface area is 176 Å². The fourth-order valence-corrected chi connectivity index (χ4v) is 6.19. The van der Waals surface area contributed by atoms with Crippen LogP contribution in [0.2, 0.25) is 5.02 Å². The third kappa shape index (κ3) is 3.36. The lowest BCUT2D eigenvalue weighted by molar-refractivity contribution is 0.0934. The zero-order valence-electron chi connectivity index (χ0n) is 15.5. The number of phenols is 1. The van der Waals surface area contributed by atoms with Crippen molar-refractivity contribution < 1.29 is 9.90 Å². The first kappa shape index (κ1) is 19.1. The van der Waals surface area contributed by atoms with E-state index in [1.807, 2.05) is 0 Å². The third-order valence-corrected chi connectivity index (χ3v) is 7.64. The number of phenolic OH excluding ortho intramolecular Hbond substituents is 1. The van der Waals surface area contributed by atoms with Crippen LogP contribution in [0.5, 0.6) is 5.75 Å². The lowest BCUT2D eigenvalue weighted by Gasteiger charge is -2.34. The van der Waals surface area contributed by atoms with E-state index in [1.54, 1.807) is 23.5 Å². The molecule has 0 radical (unpaired) electrons. The largest absolute Gasteiger partial charge is 0.506 e. The first-order valence-electron chi connectivity index (χ1n) is 9.05. The predicted octanol–water partition coefficient (Wildman–Crippen LogP) is 5.87. The van der Waals surface area contributed by atoms with Gasteiger partial charge in [-0.15, -0.1) is 11.3 Å². The number of thiophene rings is 1. The molecule has 0 fully saturated rings. The smallest absolute Gasteiger partial charge is 0.256 e. The van der Waals surface area contributed by atoms with Gasteiger partial charge in [0.25, 0.3) is 5.91 Å². The monoisotopic (exact) mass is 468 g/mol. The molecular formula is C20H22BrClN2O2S. The number of anilines is 1. The summed E-state index contributed by atoms with van der Waals surface area (Å²) in [4.78, 5) is 14.2. The molecule has 4 rings (SSSR count). The average Bonchev–Trinajstić information content (AvgIpc) is 2.95. The van der Waals surface area contributed by atoms with Gasteiger partial charge < -0.3 is 15.7 Å². The van der Waals surface area contributed by atoms with E-state index < -0.39 is 6.17 Å². The number of hydrogen-bond acceptors (Lipinski definition) is 4. The third-order valence-electron chi connectivity index (χ3n) is 5.64. The molecule has 2 heterocycles. The van der Waals surface area contributed by atoms with Crippen LogP contribution in [0.3, 0.4) is 0 Å². The van der Waals surface area contributed by atoms with Crippen LogP contribution in [0.1, 0.15) is 59.7 Å². The topological polar surface area (TPSA) is 61.4 Å². The highest BCUT2D eigenvalue weighted by Gasteiger charge is 2.37. The van der Waals surface area contributed by atoms with E-state index in [0.29, 0.717) is 21.0 Å². The van der Waals surface area contributed by atoms with Crippen molar-refractivity contribution in [1.29, 1.82) is 0 Å². The van der Waals surface area contributed by atoms with Gasteiger partial charge in [-0.05, 0) is 64.2 Å². The molecule has 0 saturated heterocycles. The molecule has 1 aliphatic carbocycles. The molecule has 1 aromatic heterocycles. The van der Waals surface area contributed by atoms with Gasteiger partial charge in [0.15, 0.2) is 0 Å². The Morgan fingerprint density at radius 2 is 2.04 bits per heavy atom. The van der Waals surface area contributed by atoms with Crippen LogP contribution in [-0.4, -0.2) is 11.0 Å². The number of carbonyl (C=O) groups is 1. The summed E-state index contributed by atoms with van der Waals surface area (Å²) in [6, 6.07) is 3.31. The molecular weight excluding hydrogens is 448 g/mol. The zero-order chi connectivity index (χ0) is 19.5. The number of nitrogens with one attached hydrogen (secondary N) is 2. The van der Waals surface area contributed by atoms with Gasteiger partial charge in [-0.3, -0.25) is 4.79 Å². The Kier molecular flexibility index (Phi) is 4.72. The minimum atomic E-state index is -0.515. The van der Waals surface area contributed by atoms with Crippen molar-refractivity contribution in [2.45, 2.75) is 46.2 Å². The number of amides is 1. The maximum atomic E-state index is 12.9. The number of rotatable bonds is 1. The van der Waals surface area contributed by atoms with Crippen molar-refractivity contribution in [3.8, 4) is 5.75 Å². The molecule has 0 bridgehead atoms. The van der Waals surface area contributed by atoms with Crippen LogP contribution in [0.25, 0.3) is 0 Å². The molecule has 2 aliphatic rings. The molecule has 2 aromatic rings. The van der Waals surface area contributed by atoms with Gasteiger partial charge in [0, 0.05) is 15.5 Å². The Morgan fingerprint density at radius 1 is 1.30 bits per heavy atom. The molecule has 1 aliphatic heterocycles.